The van der Waals surface area contributed by atoms with Gasteiger partial charge in [-0.2, -0.15) is 0 Å². The number of fused-ring (bicyclic) bond motifs is 1. The monoisotopic (exact) mass is 551 g/mol. The molecule has 2 saturated heterocycles. The van der Waals surface area contributed by atoms with Crippen molar-refractivity contribution >= 4 is 47.0 Å². The van der Waals surface area contributed by atoms with Gasteiger partial charge in [0.25, 0.3) is 0 Å². The number of piperazine rings is 1. The van der Waals surface area contributed by atoms with Crippen molar-refractivity contribution in [1.82, 2.24) is 25.1 Å². The maximum Gasteiger partial charge on any atom is 0.334 e. The van der Waals surface area contributed by atoms with E-state index < -0.39 is 48.3 Å². The molecule has 4 rings (SSSR count). The number of hydrogen-bond donors (Lipinski definition) is 2. The zero-order valence-electron chi connectivity index (χ0n) is 19.7. The number of nitrogens with zero attached hydrogens (tertiary/aromatic N) is 4. The van der Waals surface area contributed by atoms with Crippen LogP contribution in [-0.4, -0.2) is 81.1 Å². The van der Waals surface area contributed by atoms with E-state index in [2.05, 4.69) is 5.32 Å². The fourth-order valence-electron chi connectivity index (χ4n) is 4.53. The molecule has 2 N–H and O–H groups in total. The third-order valence-electron chi connectivity index (χ3n) is 6.23. The molecule has 13 heteroatoms. The van der Waals surface area contributed by atoms with Crippen molar-refractivity contribution in [3.05, 3.63) is 69.5 Å². The van der Waals surface area contributed by atoms with Crippen LogP contribution in [0.15, 0.2) is 42.5 Å². The van der Waals surface area contributed by atoms with E-state index in [1.807, 2.05) is 0 Å². The number of likely N-dealkylation sites (N-methyl/N-ethyl adjacent to an activating group) is 1. The summed E-state index contributed by atoms with van der Waals surface area (Å²) in [4.78, 5) is 53.9. The Hall–Kier alpha value is -3.41. The molecule has 2 aromatic carbocycles. The molecule has 37 heavy (non-hydrogen) atoms. The molecular weight excluding hydrogens is 528 g/mol. The van der Waals surface area contributed by atoms with E-state index in [0.717, 1.165) is 0 Å². The topological polar surface area (TPSA) is 114 Å². The first-order chi connectivity index (χ1) is 17.5. The van der Waals surface area contributed by atoms with Gasteiger partial charge in [-0.15, -0.1) is 0 Å². The van der Waals surface area contributed by atoms with Gasteiger partial charge in [0.2, 0.25) is 11.8 Å². The van der Waals surface area contributed by atoms with Crippen molar-refractivity contribution in [3.63, 3.8) is 0 Å². The van der Waals surface area contributed by atoms with Gasteiger partial charge in [0.1, 0.15) is 18.0 Å². The van der Waals surface area contributed by atoms with E-state index in [1.54, 1.807) is 25.2 Å². The lowest BCUT2D eigenvalue weighted by molar-refractivity contribution is -0.189. The van der Waals surface area contributed by atoms with Gasteiger partial charge in [0, 0.05) is 20.1 Å². The molecular formula is C24H24Cl2FN5O5. The predicted molar refractivity (Wildman–Crippen MR) is 132 cm³/mol. The average molecular weight is 552 g/mol. The van der Waals surface area contributed by atoms with Crippen LogP contribution in [0.5, 0.6) is 0 Å². The van der Waals surface area contributed by atoms with Crippen molar-refractivity contribution in [2.75, 3.05) is 20.1 Å². The summed E-state index contributed by atoms with van der Waals surface area (Å²) in [6.07, 6.45) is -1.57. The fourth-order valence-corrected chi connectivity index (χ4v) is 4.85. The predicted octanol–water partition coefficient (Wildman–Crippen LogP) is 2.54. The van der Waals surface area contributed by atoms with Gasteiger partial charge in [-0.05, 0) is 35.4 Å². The SMILES string of the molecule is CN1CC(=O)N2C(CN(Cc3ccc(Cl)c(Cl)c3)C(=O)[C@@H]2CC(=O)O)N1C(=O)NCc1ccc(F)cc1. The number of amides is 4. The summed E-state index contributed by atoms with van der Waals surface area (Å²) >= 11 is 12.1. The van der Waals surface area contributed by atoms with Gasteiger partial charge < -0.3 is 20.2 Å². The summed E-state index contributed by atoms with van der Waals surface area (Å²) in [6, 6.07) is 8.63. The van der Waals surface area contributed by atoms with Gasteiger partial charge in [-0.25, -0.2) is 19.2 Å². The molecule has 2 aliphatic heterocycles. The lowest BCUT2D eigenvalue weighted by Crippen LogP contribution is -2.76. The molecule has 2 fully saturated rings. The molecule has 0 bridgehead atoms. The number of carboxylic acids is 1. The summed E-state index contributed by atoms with van der Waals surface area (Å²) in [5.41, 5.74) is 1.30. The van der Waals surface area contributed by atoms with Gasteiger partial charge in [-0.1, -0.05) is 41.4 Å². The Labute approximate surface area is 222 Å². The van der Waals surface area contributed by atoms with E-state index in [9.17, 15) is 28.7 Å². The molecule has 1 unspecified atom stereocenters. The number of carboxylic acid groups (broad SMARTS) is 1. The molecule has 2 heterocycles. The summed E-state index contributed by atoms with van der Waals surface area (Å²) in [6.45, 7) is -0.125. The molecule has 2 aliphatic rings. The first-order valence-corrected chi connectivity index (χ1v) is 12.1. The Kier molecular flexibility index (Phi) is 7.86. The quantitative estimate of drug-likeness (QED) is 0.570. The summed E-state index contributed by atoms with van der Waals surface area (Å²) in [5, 5.41) is 15.6. The highest BCUT2D eigenvalue weighted by Crippen LogP contribution is 2.29. The number of carbonyl (C=O) groups excluding carboxylic acids is 3. The molecule has 0 saturated carbocycles. The number of urea groups is 1. The van der Waals surface area contributed by atoms with Crippen LogP contribution >= 0.6 is 23.2 Å². The largest absolute Gasteiger partial charge is 0.481 e. The molecule has 4 amide bonds. The zero-order chi connectivity index (χ0) is 26.9. The summed E-state index contributed by atoms with van der Waals surface area (Å²) < 4.78 is 13.2. The van der Waals surface area contributed by atoms with E-state index >= 15 is 0 Å². The minimum atomic E-state index is -1.30. The molecule has 2 aromatic rings. The lowest BCUT2D eigenvalue weighted by atomic mass is 10.0. The highest BCUT2D eigenvalue weighted by Gasteiger charge is 2.51. The van der Waals surface area contributed by atoms with Crippen LogP contribution in [0.2, 0.25) is 10.0 Å². The first kappa shape index (κ1) is 26.6. The summed E-state index contributed by atoms with van der Waals surface area (Å²) in [5.74, 6) is -2.68. The Morgan fingerprint density at radius 3 is 2.41 bits per heavy atom. The number of hydrazine groups is 1. The average Bonchev–Trinajstić information content (AvgIpc) is 2.83. The minimum absolute atomic E-state index is 0.0603. The van der Waals surface area contributed by atoms with Crippen LogP contribution in [0.25, 0.3) is 0 Å². The second-order valence-electron chi connectivity index (χ2n) is 8.81. The third kappa shape index (κ3) is 5.79. The second-order valence-corrected chi connectivity index (χ2v) is 9.62. The third-order valence-corrected chi connectivity index (χ3v) is 6.97. The van der Waals surface area contributed by atoms with Crippen molar-refractivity contribution in [2.45, 2.75) is 31.7 Å². The molecule has 196 valence electrons. The molecule has 2 atom stereocenters. The van der Waals surface area contributed by atoms with Crippen LogP contribution in [0, 0.1) is 5.82 Å². The smallest absolute Gasteiger partial charge is 0.334 e. The van der Waals surface area contributed by atoms with Crippen molar-refractivity contribution in [1.29, 1.82) is 0 Å². The maximum atomic E-state index is 13.4. The van der Waals surface area contributed by atoms with E-state index in [-0.39, 0.29) is 26.2 Å². The first-order valence-electron chi connectivity index (χ1n) is 11.3. The van der Waals surface area contributed by atoms with Crippen LogP contribution < -0.4 is 5.32 Å². The molecule has 10 nitrogen and oxygen atoms in total. The van der Waals surface area contributed by atoms with Crippen molar-refractivity contribution in [3.8, 4) is 0 Å². The van der Waals surface area contributed by atoms with Crippen molar-refractivity contribution < 1.29 is 28.7 Å². The fraction of sp³-hybridized carbons (Fsp3) is 0.333. The van der Waals surface area contributed by atoms with Gasteiger partial charge in [-0.3, -0.25) is 14.4 Å². The number of nitrogens with one attached hydrogen (secondary N) is 1. The molecule has 0 radical (unpaired) electrons. The number of benzene rings is 2. The highest BCUT2D eigenvalue weighted by molar-refractivity contribution is 6.42. The number of carbonyl (C=O) groups is 4. The highest BCUT2D eigenvalue weighted by atomic mass is 35.5. The zero-order valence-corrected chi connectivity index (χ0v) is 21.2. The van der Waals surface area contributed by atoms with Gasteiger partial charge >= 0.3 is 12.0 Å². The van der Waals surface area contributed by atoms with Gasteiger partial charge in [0.05, 0.1) is 29.6 Å². The standard InChI is InChI=1S/C24H24Cl2FN5O5/c1-29-13-21(33)31-19(9-22(34)35)23(36)30(11-15-4-7-17(25)18(26)8-15)12-20(31)32(29)24(37)28-10-14-2-5-16(27)6-3-14/h2-8,19-20H,9-13H2,1H3,(H,28,37)(H,34,35)/t19-,20?/m0/s1. The molecule has 0 spiro atoms. The second kappa shape index (κ2) is 10.9. The lowest BCUT2D eigenvalue weighted by Gasteiger charge is -2.54. The Morgan fingerprint density at radius 1 is 1.08 bits per heavy atom. The number of aliphatic carboxylic acids is 1. The number of halogens is 3. The van der Waals surface area contributed by atoms with Crippen LogP contribution in [-0.2, 0) is 27.5 Å². The van der Waals surface area contributed by atoms with E-state index in [4.69, 9.17) is 23.2 Å². The van der Waals surface area contributed by atoms with E-state index in [0.29, 0.717) is 21.2 Å². The molecule has 0 aliphatic carbocycles. The Morgan fingerprint density at radius 2 is 1.76 bits per heavy atom. The van der Waals surface area contributed by atoms with E-state index in [1.165, 1.54) is 44.1 Å². The number of rotatable bonds is 6. The number of hydrogen-bond acceptors (Lipinski definition) is 5. The van der Waals surface area contributed by atoms with Gasteiger partial charge in [0.15, 0.2) is 0 Å². The van der Waals surface area contributed by atoms with Crippen LogP contribution in [0.4, 0.5) is 9.18 Å². The molecule has 0 aromatic heterocycles. The summed E-state index contributed by atoms with van der Waals surface area (Å²) in [7, 11) is 1.55. The Bertz CT molecular complexity index is 1230. The Balaban J connectivity index is 1.61. The van der Waals surface area contributed by atoms with Crippen LogP contribution in [0.1, 0.15) is 17.5 Å². The maximum absolute atomic E-state index is 13.4. The van der Waals surface area contributed by atoms with Crippen LogP contribution in [0.3, 0.4) is 0 Å². The normalized spacial score (nSPS) is 20.2. The van der Waals surface area contributed by atoms with Crippen molar-refractivity contribution in [2.24, 2.45) is 0 Å². The minimum Gasteiger partial charge on any atom is -0.481 e.